The minimum absolute atomic E-state index is 0.153. The molecule has 0 aromatic rings. The van der Waals surface area contributed by atoms with E-state index in [1.165, 1.54) is 19.4 Å². The quantitative estimate of drug-likeness (QED) is 0.541. The van der Waals surface area contributed by atoms with Crippen LogP contribution in [-0.4, -0.2) is 44.1 Å². The van der Waals surface area contributed by atoms with E-state index in [-0.39, 0.29) is 5.41 Å². The van der Waals surface area contributed by atoms with E-state index >= 15 is 0 Å². The second-order valence-electron chi connectivity index (χ2n) is 6.22. The van der Waals surface area contributed by atoms with Crippen LogP contribution in [0.3, 0.4) is 0 Å². The molecule has 0 spiro atoms. The van der Waals surface area contributed by atoms with Crippen LogP contribution in [0.2, 0.25) is 0 Å². The van der Waals surface area contributed by atoms with Crippen LogP contribution in [0.15, 0.2) is 0 Å². The molecule has 0 atom stereocenters. The first-order valence-electron chi connectivity index (χ1n) is 7.02. The van der Waals surface area contributed by atoms with Crippen LogP contribution in [0, 0.1) is 16.7 Å². The lowest BCUT2D eigenvalue weighted by Gasteiger charge is -2.28. The summed E-state index contributed by atoms with van der Waals surface area (Å²) in [7, 11) is 2.19. The van der Waals surface area contributed by atoms with Gasteiger partial charge in [0.2, 0.25) is 0 Å². The van der Waals surface area contributed by atoms with Crippen LogP contribution in [0.5, 0.6) is 0 Å². The highest BCUT2D eigenvalue weighted by Crippen LogP contribution is 2.22. The van der Waals surface area contributed by atoms with Crippen LogP contribution in [0.25, 0.3) is 0 Å². The number of hydrogen-bond acceptors (Lipinski definition) is 3. The molecule has 0 aliphatic carbocycles. The minimum atomic E-state index is -0.153. The van der Waals surface area contributed by atoms with E-state index in [4.69, 9.17) is 15.9 Å². The summed E-state index contributed by atoms with van der Waals surface area (Å²) in [6.45, 7) is 8.21. The van der Waals surface area contributed by atoms with Gasteiger partial charge in [-0.05, 0) is 45.2 Å². The van der Waals surface area contributed by atoms with E-state index in [1.54, 1.807) is 0 Å². The van der Waals surface area contributed by atoms with Gasteiger partial charge in [-0.1, -0.05) is 13.8 Å². The number of hydrogen-bond donors (Lipinski definition) is 2. The van der Waals surface area contributed by atoms with Crippen LogP contribution < -0.4 is 5.73 Å². The van der Waals surface area contributed by atoms with Crippen molar-refractivity contribution in [1.82, 2.24) is 4.90 Å². The number of ether oxygens (including phenoxy) is 1. The van der Waals surface area contributed by atoms with Crippen molar-refractivity contribution in [3.05, 3.63) is 0 Å². The molecule has 4 nitrogen and oxygen atoms in total. The maximum absolute atomic E-state index is 7.54. The summed E-state index contributed by atoms with van der Waals surface area (Å²) >= 11 is 0. The van der Waals surface area contributed by atoms with E-state index in [0.717, 1.165) is 38.5 Å². The average Bonchev–Trinajstić information content (AvgIpc) is 2.29. The van der Waals surface area contributed by atoms with Crippen molar-refractivity contribution in [1.29, 1.82) is 5.41 Å². The molecule has 1 rings (SSSR count). The summed E-state index contributed by atoms with van der Waals surface area (Å²) in [5.74, 6) is 1.10. The summed E-state index contributed by atoms with van der Waals surface area (Å²) in [5, 5.41) is 7.54. The Balaban J connectivity index is 2.16. The first-order valence-corrected chi connectivity index (χ1v) is 7.02. The van der Waals surface area contributed by atoms with Crippen molar-refractivity contribution in [3.63, 3.8) is 0 Å². The van der Waals surface area contributed by atoms with Crippen molar-refractivity contribution >= 4 is 5.84 Å². The van der Waals surface area contributed by atoms with Gasteiger partial charge >= 0.3 is 0 Å². The highest BCUT2D eigenvalue weighted by atomic mass is 16.5. The molecule has 1 aliphatic heterocycles. The van der Waals surface area contributed by atoms with E-state index in [9.17, 15) is 0 Å². The molecule has 0 unspecified atom stereocenters. The normalized spacial score (nSPS) is 18.2. The van der Waals surface area contributed by atoms with Crippen molar-refractivity contribution < 1.29 is 4.74 Å². The number of amidine groups is 1. The molecule has 1 fully saturated rings. The van der Waals surface area contributed by atoms with Gasteiger partial charge in [0.25, 0.3) is 0 Å². The highest BCUT2D eigenvalue weighted by Gasteiger charge is 2.21. The number of nitrogens with two attached hydrogens (primary N) is 1. The van der Waals surface area contributed by atoms with Gasteiger partial charge in [0.15, 0.2) is 0 Å². The Morgan fingerprint density at radius 3 is 2.56 bits per heavy atom. The fourth-order valence-electron chi connectivity index (χ4n) is 2.39. The third-order valence-corrected chi connectivity index (χ3v) is 3.98. The van der Waals surface area contributed by atoms with E-state index < -0.39 is 0 Å². The number of nitrogens with one attached hydrogen (secondary N) is 1. The van der Waals surface area contributed by atoms with Crippen molar-refractivity contribution in [2.45, 2.75) is 39.5 Å². The lowest BCUT2D eigenvalue weighted by Crippen LogP contribution is -2.33. The summed E-state index contributed by atoms with van der Waals surface area (Å²) in [5.41, 5.74) is 5.44. The van der Waals surface area contributed by atoms with Gasteiger partial charge in [-0.15, -0.1) is 0 Å². The first kappa shape index (κ1) is 15.4. The fourth-order valence-corrected chi connectivity index (χ4v) is 2.39. The predicted octanol–water partition coefficient (Wildman–Crippen LogP) is 2.09. The molecule has 106 valence electrons. The Bertz CT molecular complexity index is 260. The molecule has 0 amide bonds. The summed E-state index contributed by atoms with van der Waals surface area (Å²) in [4.78, 5) is 2.41. The van der Waals surface area contributed by atoms with Gasteiger partial charge in [0.1, 0.15) is 0 Å². The SMILES string of the molecule is CN(CCCC(C)(C)C(=N)N)CC1CCOCC1. The van der Waals surface area contributed by atoms with E-state index in [2.05, 4.69) is 11.9 Å². The first-order chi connectivity index (χ1) is 8.42. The lowest BCUT2D eigenvalue weighted by molar-refractivity contribution is 0.0554. The number of rotatable bonds is 7. The van der Waals surface area contributed by atoms with Gasteiger partial charge in [-0.2, -0.15) is 0 Å². The molecule has 1 aliphatic rings. The Hall–Kier alpha value is -0.610. The van der Waals surface area contributed by atoms with Crippen molar-refractivity contribution in [2.75, 3.05) is 33.4 Å². The lowest BCUT2D eigenvalue weighted by atomic mass is 9.86. The maximum atomic E-state index is 7.54. The molecule has 1 heterocycles. The maximum Gasteiger partial charge on any atom is 0.0963 e. The molecule has 0 aromatic heterocycles. The molecule has 1 saturated heterocycles. The second kappa shape index (κ2) is 7.10. The molecule has 0 radical (unpaired) electrons. The zero-order valence-corrected chi connectivity index (χ0v) is 12.2. The molecule has 0 saturated carbocycles. The molecule has 3 N–H and O–H groups in total. The largest absolute Gasteiger partial charge is 0.387 e. The Labute approximate surface area is 111 Å². The second-order valence-corrected chi connectivity index (χ2v) is 6.22. The smallest absolute Gasteiger partial charge is 0.0963 e. The van der Waals surface area contributed by atoms with Gasteiger partial charge in [-0.3, -0.25) is 5.41 Å². The standard InChI is InChI=1S/C14H29N3O/c1-14(2,13(15)16)7-4-8-17(3)11-12-5-9-18-10-6-12/h12H,4-11H2,1-3H3,(H3,15,16). The predicted molar refractivity (Wildman–Crippen MR) is 76.0 cm³/mol. The molecule has 4 heteroatoms. The van der Waals surface area contributed by atoms with Gasteiger partial charge in [0, 0.05) is 25.2 Å². The van der Waals surface area contributed by atoms with E-state index in [0.29, 0.717) is 5.84 Å². The third-order valence-electron chi connectivity index (χ3n) is 3.98. The summed E-state index contributed by atoms with van der Waals surface area (Å²) in [6, 6.07) is 0. The highest BCUT2D eigenvalue weighted by molar-refractivity contribution is 5.82. The molecule has 18 heavy (non-hydrogen) atoms. The topological polar surface area (TPSA) is 62.3 Å². The Kier molecular flexibility index (Phi) is 6.09. The van der Waals surface area contributed by atoms with Gasteiger partial charge in [-0.25, -0.2) is 0 Å². The molecule has 0 aromatic carbocycles. The molecular formula is C14H29N3O. The van der Waals surface area contributed by atoms with Crippen LogP contribution in [0.1, 0.15) is 39.5 Å². The third kappa shape index (κ3) is 5.36. The molecular weight excluding hydrogens is 226 g/mol. The van der Waals surface area contributed by atoms with Crippen LogP contribution in [-0.2, 0) is 4.74 Å². The summed E-state index contributed by atoms with van der Waals surface area (Å²) < 4.78 is 5.38. The van der Waals surface area contributed by atoms with Gasteiger partial charge < -0.3 is 15.4 Å². The average molecular weight is 255 g/mol. The van der Waals surface area contributed by atoms with Crippen molar-refractivity contribution in [3.8, 4) is 0 Å². The van der Waals surface area contributed by atoms with Crippen LogP contribution >= 0.6 is 0 Å². The Morgan fingerprint density at radius 1 is 1.39 bits per heavy atom. The Morgan fingerprint density at radius 2 is 2.00 bits per heavy atom. The van der Waals surface area contributed by atoms with Crippen molar-refractivity contribution in [2.24, 2.45) is 17.1 Å². The van der Waals surface area contributed by atoms with E-state index in [1.807, 2.05) is 13.8 Å². The zero-order chi connectivity index (χ0) is 13.6. The minimum Gasteiger partial charge on any atom is -0.387 e. The van der Waals surface area contributed by atoms with Crippen LogP contribution in [0.4, 0.5) is 0 Å². The fraction of sp³-hybridized carbons (Fsp3) is 0.929. The number of nitrogens with zero attached hydrogens (tertiary/aromatic N) is 1. The summed E-state index contributed by atoms with van der Waals surface area (Å²) in [6.07, 6.45) is 4.49. The monoisotopic (exact) mass is 255 g/mol. The van der Waals surface area contributed by atoms with Gasteiger partial charge in [0.05, 0.1) is 5.84 Å². The molecule has 0 bridgehead atoms. The zero-order valence-electron chi connectivity index (χ0n) is 12.2.